The molecule has 1 unspecified atom stereocenters. The molecule has 1 heterocycles. The van der Waals surface area contributed by atoms with E-state index in [4.69, 9.17) is 4.74 Å². The van der Waals surface area contributed by atoms with E-state index in [0.717, 1.165) is 0 Å². The Hall–Kier alpha value is -2.22. The van der Waals surface area contributed by atoms with Crippen molar-refractivity contribution in [2.24, 2.45) is 0 Å². The summed E-state index contributed by atoms with van der Waals surface area (Å²) in [5, 5.41) is 13.9. The van der Waals surface area contributed by atoms with Crippen LogP contribution in [-0.2, 0) is 9.47 Å². The predicted octanol–water partition coefficient (Wildman–Crippen LogP) is 1.61. The highest BCUT2D eigenvalue weighted by atomic mass is 16.6. The maximum absolute atomic E-state index is 11.4. The van der Waals surface area contributed by atoms with Gasteiger partial charge in [0.05, 0.1) is 24.7 Å². The van der Waals surface area contributed by atoms with Crippen LogP contribution < -0.4 is 5.32 Å². The zero-order valence-electron chi connectivity index (χ0n) is 11.6. The first-order valence-electron chi connectivity index (χ1n) is 6.02. The van der Waals surface area contributed by atoms with E-state index in [1.807, 2.05) is 6.92 Å². The van der Waals surface area contributed by atoms with Crippen LogP contribution in [0.15, 0.2) is 12.1 Å². The third kappa shape index (κ3) is 3.89. The number of anilines is 1. The van der Waals surface area contributed by atoms with E-state index in [1.54, 1.807) is 0 Å². The van der Waals surface area contributed by atoms with E-state index in [9.17, 15) is 14.9 Å². The molecule has 0 aliphatic heterocycles. The van der Waals surface area contributed by atoms with E-state index in [0.29, 0.717) is 13.0 Å². The van der Waals surface area contributed by atoms with Crippen molar-refractivity contribution in [1.29, 1.82) is 0 Å². The molecule has 0 fully saturated rings. The fourth-order valence-corrected chi connectivity index (χ4v) is 1.58. The van der Waals surface area contributed by atoms with E-state index >= 15 is 0 Å². The summed E-state index contributed by atoms with van der Waals surface area (Å²) in [6, 6.07) is 2.34. The summed E-state index contributed by atoms with van der Waals surface area (Å²) in [5.74, 6) is -0.621. The molecule has 1 aromatic rings. The van der Waals surface area contributed by atoms with Crippen LogP contribution in [-0.4, -0.2) is 42.7 Å². The largest absolute Gasteiger partial charge is 0.464 e. The van der Waals surface area contributed by atoms with Crippen LogP contribution in [0.1, 0.15) is 23.8 Å². The molecule has 1 aromatic heterocycles. The van der Waals surface area contributed by atoms with Gasteiger partial charge in [0.1, 0.15) is 0 Å². The molecule has 0 aliphatic rings. The quantitative estimate of drug-likeness (QED) is 0.460. The third-order valence-corrected chi connectivity index (χ3v) is 2.67. The fourth-order valence-electron chi connectivity index (χ4n) is 1.58. The number of nitrogens with one attached hydrogen (secondary N) is 1. The van der Waals surface area contributed by atoms with E-state index in [-0.39, 0.29) is 23.2 Å². The topological polar surface area (TPSA) is 104 Å². The highest BCUT2D eigenvalue weighted by Crippen LogP contribution is 2.23. The highest BCUT2D eigenvalue weighted by molar-refractivity contribution is 5.88. The Morgan fingerprint density at radius 3 is 2.70 bits per heavy atom. The standard InChI is InChI=1S/C12H17N3O5/c1-4-8(7-19-2)13-11-10(15(17)18)6-5-9(14-11)12(16)20-3/h5-6,8H,4,7H2,1-3H3,(H,13,14). The smallest absolute Gasteiger partial charge is 0.356 e. The lowest BCUT2D eigenvalue weighted by Gasteiger charge is -2.16. The Kier molecular flexibility index (Phi) is 5.85. The first kappa shape index (κ1) is 15.8. The number of hydrogen-bond donors (Lipinski definition) is 1. The Bertz CT molecular complexity index is 492. The average Bonchev–Trinajstić information content (AvgIpc) is 2.45. The van der Waals surface area contributed by atoms with Crippen LogP contribution in [0.25, 0.3) is 0 Å². The molecule has 0 aromatic carbocycles. The number of aromatic nitrogens is 1. The van der Waals surface area contributed by atoms with E-state index in [1.165, 1.54) is 26.4 Å². The number of hydrogen-bond acceptors (Lipinski definition) is 7. The van der Waals surface area contributed by atoms with Crippen molar-refractivity contribution in [3.63, 3.8) is 0 Å². The highest BCUT2D eigenvalue weighted by Gasteiger charge is 2.21. The lowest BCUT2D eigenvalue weighted by molar-refractivity contribution is -0.384. The van der Waals surface area contributed by atoms with Crippen LogP contribution in [0.3, 0.4) is 0 Å². The number of ether oxygens (including phenoxy) is 2. The molecule has 0 radical (unpaired) electrons. The lowest BCUT2D eigenvalue weighted by Crippen LogP contribution is -2.25. The number of carbonyl (C=O) groups excluding carboxylic acids is 1. The Morgan fingerprint density at radius 2 is 2.20 bits per heavy atom. The minimum absolute atomic E-state index is 0.00729. The molecular weight excluding hydrogens is 266 g/mol. The Morgan fingerprint density at radius 1 is 1.50 bits per heavy atom. The van der Waals surface area contributed by atoms with Gasteiger partial charge in [-0.15, -0.1) is 0 Å². The van der Waals surface area contributed by atoms with Gasteiger partial charge >= 0.3 is 11.7 Å². The van der Waals surface area contributed by atoms with Crippen LogP contribution in [0.4, 0.5) is 11.5 Å². The molecule has 1 rings (SSSR count). The first-order chi connectivity index (χ1) is 9.53. The minimum atomic E-state index is -0.650. The molecule has 0 aliphatic carbocycles. The SMILES string of the molecule is CCC(COC)Nc1nc(C(=O)OC)ccc1[N+](=O)[O-]. The zero-order valence-corrected chi connectivity index (χ0v) is 11.6. The summed E-state index contributed by atoms with van der Waals surface area (Å²) in [6.07, 6.45) is 0.690. The van der Waals surface area contributed by atoms with Crippen molar-refractivity contribution in [2.45, 2.75) is 19.4 Å². The number of carbonyl (C=O) groups is 1. The summed E-state index contributed by atoms with van der Waals surface area (Å²) in [6.45, 7) is 2.28. The monoisotopic (exact) mass is 283 g/mol. The normalized spacial score (nSPS) is 11.8. The molecule has 0 saturated heterocycles. The van der Waals surface area contributed by atoms with Crippen molar-refractivity contribution in [2.75, 3.05) is 26.1 Å². The number of pyridine rings is 1. The average molecular weight is 283 g/mol. The van der Waals surface area contributed by atoms with Crippen molar-refractivity contribution < 1.29 is 19.2 Å². The Labute approximate surface area is 116 Å². The molecule has 0 spiro atoms. The number of nitrogens with zero attached hydrogens (tertiary/aromatic N) is 2. The van der Waals surface area contributed by atoms with Gasteiger partial charge in [0, 0.05) is 13.2 Å². The molecule has 110 valence electrons. The molecule has 0 bridgehead atoms. The predicted molar refractivity (Wildman–Crippen MR) is 71.8 cm³/mol. The first-order valence-corrected chi connectivity index (χ1v) is 6.02. The van der Waals surface area contributed by atoms with Gasteiger partial charge in [-0.05, 0) is 12.5 Å². The van der Waals surface area contributed by atoms with Gasteiger partial charge in [-0.1, -0.05) is 6.92 Å². The maximum atomic E-state index is 11.4. The minimum Gasteiger partial charge on any atom is -0.464 e. The number of methoxy groups -OCH3 is 2. The zero-order chi connectivity index (χ0) is 15.1. The lowest BCUT2D eigenvalue weighted by atomic mass is 10.2. The molecule has 1 N–H and O–H groups in total. The van der Waals surface area contributed by atoms with Gasteiger partial charge in [0.25, 0.3) is 0 Å². The number of rotatable bonds is 7. The summed E-state index contributed by atoms with van der Waals surface area (Å²) < 4.78 is 9.56. The van der Waals surface area contributed by atoms with Gasteiger partial charge < -0.3 is 14.8 Å². The molecule has 0 amide bonds. The molecule has 8 heteroatoms. The molecule has 0 saturated carbocycles. The van der Waals surface area contributed by atoms with Gasteiger partial charge in [-0.3, -0.25) is 10.1 Å². The van der Waals surface area contributed by atoms with Crippen molar-refractivity contribution in [3.05, 3.63) is 27.9 Å². The molecular formula is C12H17N3O5. The van der Waals surface area contributed by atoms with Crippen LogP contribution in [0, 0.1) is 10.1 Å². The number of esters is 1. The number of nitro groups is 1. The summed E-state index contributed by atoms with van der Waals surface area (Å²) in [5.41, 5.74) is -0.194. The van der Waals surface area contributed by atoms with Crippen LogP contribution >= 0.6 is 0 Å². The molecule has 1 atom stereocenters. The van der Waals surface area contributed by atoms with Crippen molar-refractivity contribution in [3.8, 4) is 0 Å². The van der Waals surface area contributed by atoms with Crippen LogP contribution in [0.5, 0.6) is 0 Å². The molecule has 8 nitrogen and oxygen atoms in total. The second-order valence-electron chi connectivity index (χ2n) is 4.02. The van der Waals surface area contributed by atoms with Gasteiger partial charge in [-0.25, -0.2) is 9.78 Å². The maximum Gasteiger partial charge on any atom is 0.356 e. The third-order valence-electron chi connectivity index (χ3n) is 2.67. The Balaban J connectivity index is 3.11. The van der Waals surface area contributed by atoms with Crippen LogP contribution in [0.2, 0.25) is 0 Å². The van der Waals surface area contributed by atoms with E-state index in [2.05, 4.69) is 15.0 Å². The molecule has 20 heavy (non-hydrogen) atoms. The van der Waals surface area contributed by atoms with E-state index < -0.39 is 10.9 Å². The van der Waals surface area contributed by atoms with Crippen molar-refractivity contribution >= 4 is 17.5 Å². The van der Waals surface area contributed by atoms with Gasteiger partial charge in [0.2, 0.25) is 5.82 Å². The van der Waals surface area contributed by atoms with Gasteiger partial charge in [-0.2, -0.15) is 0 Å². The summed E-state index contributed by atoms with van der Waals surface area (Å²) >= 11 is 0. The summed E-state index contributed by atoms with van der Waals surface area (Å²) in [7, 11) is 2.76. The fraction of sp³-hybridized carbons (Fsp3) is 0.500. The second kappa shape index (κ2) is 7.39. The summed E-state index contributed by atoms with van der Waals surface area (Å²) in [4.78, 5) is 25.8. The van der Waals surface area contributed by atoms with Crippen molar-refractivity contribution in [1.82, 2.24) is 4.98 Å². The van der Waals surface area contributed by atoms with Gasteiger partial charge in [0.15, 0.2) is 5.69 Å². The second-order valence-corrected chi connectivity index (χ2v) is 4.02.